The molecule has 63 valence electrons. The third-order valence-electron chi connectivity index (χ3n) is 1.13. The molecule has 1 N–H and O–H groups in total. The number of amides is 2. The Hall–Kier alpha value is -1.06. The molecule has 0 saturated carbocycles. The van der Waals surface area contributed by atoms with Gasteiger partial charge in [0.25, 0.3) is 0 Å². The predicted octanol–water partition coefficient (Wildman–Crippen LogP) is 0.970. The largest absolute Gasteiger partial charge is 0.449 e. The molecule has 0 unspecified atom stereocenters. The van der Waals surface area contributed by atoms with Crippen LogP contribution in [0.25, 0.3) is 0 Å². The summed E-state index contributed by atoms with van der Waals surface area (Å²) in [6.07, 6.45) is 3.44. The number of carbonyl (C=O) groups is 1. The van der Waals surface area contributed by atoms with Gasteiger partial charge >= 0.3 is 12.5 Å². The molecule has 0 aromatic rings. The first-order chi connectivity index (χ1) is 5.31. The van der Waals surface area contributed by atoms with Gasteiger partial charge in [0.15, 0.2) is 0 Å². The minimum atomic E-state index is -0.726. The average Bonchev–Trinajstić information content (AvgIpc) is 1.99. The van der Waals surface area contributed by atoms with Crippen molar-refractivity contribution in [2.45, 2.75) is 26.2 Å². The minimum Gasteiger partial charge on any atom is -0.449 e. The summed E-state index contributed by atoms with van der Waals surface area (Å²) in [5.41, 5.74) is 0. The normalized spacial score (nSPS) is 8.82. The number of rotatable bonds is 5. The van der Waals surface area contributed by atoms with Crippen LogP contribution in [0, 0.1) is 0 Å². The van der Waals surface area contributed by atoms with E-state index in [-0.39, 0.29) is 0 Å². The number of hydrogen-bond acceptors (Lipinski definition) is 3. The second kappa shape index (κ2) is 7.05. The Bertz CT molecular complexity index is 125. The highest BCUT2D eigenvalue weighted by Crippen LogP contribution is 1.93. The fraction of sp³-hybridized carbons (Fsp3) is 0.714. The lowest BCUT2D eigenvalue weighted by Crippen LogP contribution is -2.22. The van der Waals surface area contributed by atoms with Crippen molar-refractivity contribution in [3.63, 3.8) is 0 Å². The zero-order valence-corrected chi connectivity index (χ0v) is 6.55. The predicted molar refractivity (Wildman–Crippen MR) is 39.7 cm³/mol. The summed E-state index contributed by atoms with van der Waals surface area (Å²) in [6, 6.07) is 0. The van der Waals surface area contributed by atoms with Gasteiger partial charge in [0.1, 0.15) is 0 Å². The lowest BCUT2D eigenvalue weighted by atomic mass is 10.3. The Morgan fingerprint density at radius 3 is 2.82 bits per heavy atom. The van der Waals surface area contributed by atoms with E-state index >= 15 is 0 Å². The molecule has 11 heavy (non-hydrogen) atoms. The van der Waals surface area contributed by atoms with E-state index in [0.29, 0.717) is 6.61 Å². The maximum absolute atomic E-state index is 10.4. The number of hydrogen-bond donors (Lipinski definition) is 1. The highest BCUT2D eigenvalue weighted by Gasteiger charge is 1.97. The molecule has 0 aromatic carbocycles. The molecule has 0 aromatic heterocycles. The molecule has 0 atom stereocenters. The summed E-state index contributed by atoms with van der Waals surface area (Å²) in [6.45, 7) is 2.42. The number of alkyl carbamates (subject to hydrolysis) is 1. The van der Waals surface area contributed by atoms with Crippen LogP contribution in [0.5, 0.6) is 0 Å². The highest BCUT2D eigenvalue weighted by molar-refractivity contribution is 5.79. The van der Waals surface area contributed by atoms with Crippen molar-refractivity contribution in [2.24, 2.45) is 0 Å². The number of nitrogens with one attached hydrogen (secondary N) is 1. The fourth-order valence-corrected chi connectivity index (χ4v) is 0.595. The van der Waals surface area contributed by atoms with Crippen LogP contribution in [-0.2, 0) is 9.53 Å². The van der Waals surface area contributed by atoms with E-state index in [9.17, 15) is 9.59 Å². The van der Waals surface area contributed by atoms with E-state index in [4.69, 9.17) is 0 Å². The van der Waals surface area contributed by atoms with Gasteiger partial charge in [-0.2, -0.15) is 0 Å². The first-order valence-electron chi connectivity index (χ1n) is 3.61. The molecule has 0 aliphatic rings. The third-order valence-corrected chi connectivity index (χ3v) is 1.13. The Labute approximate surface area is 65.9 Å². The Kier molecular flexibility index (Phi) is 6.37. The zero-order valence-electron chi connectivity index (χ0n) is 6.55. The molecule has 4 nitrogen and oxygen atoms in total. The van der Waals surface area contributed by atoms with Crippen LogP contribution in [0.15, 0.2) is 0 Å². The Morgan fingerprint density at radius 2 is 2.27 bits per heavy atom. The van der Waals surface area contributed by atoms with Crippen LogP contribution in [0.4, 0.5) is 4.79 Å². The summed E-state index contributed by atoms with van der Waals surface area (Å²) in [4.78, 5) is 20.0. The van der Waals surface area contributed by atoms with Gasteiger partial charge in [-0.25, -0.2) is 4.79 Å². The molecular weight excluding hydrogens is 146 g/mol. The van der Waals surface area contributed by atoms with E-state index in [1.165, 1.54) is 6.41 Å². The second-order valence-electron chi connectivity index (χ2n) is 2.07. The summed E-state index contributed by atoms with van der Waals surface area (Å²) in [5, 5.41) is 1.76. The molecule has 0 heterocycles. The highest BCUT2D eigenvalue weighted by atomic mass is 16.5. The van der Waals surface area contributed by atoms with Gasteiger partial charge in [0.05, 0.1) is 6.61 Å². The van der Waals surface area contributed by atoms with Gasteiger partial charge in [0.2, 0.25) is 0 Å². The van der Waals surface area contributed by atoms with Gasteiger partial charge < -0.3 is 4.74 Å². The van der Waals surface area contributed by atoms with Gasteiger partial charge in [0, 0.05) is 0 Å². The molecule has 0 aliphatic heterocycles. The third kappa shape index (κ3) is 6.83. The van der Waals surface area contributed by atoms with Crippen molar-refractivity contribution in [3.8, 4) is 0 Å². The van der Waals surface area contributed by atoms with E-state index in [2.05, 4.69) is 11.7 Å². The van der Waals surface area contributed by atoms with Crippen molar-refractivity contribution < 1.29 is 14.3 Å². The maximum atomic E-state index is 10.4. The van der Waals surface area contributed by atoms with Crippen molar-refractivity contribution in [3.05, 3.63) is 0 Å². The van der Waals surface area contributed by atoms with Crippen molar-refractivity contribution in [2.75, 3.05) is 6.61 Å². The number of unbranched alkanes of at least 4 members (excludes halogenated alkanes) is 2. The molecule has 2 amide bonds. The first-order valence-corrected chi connectivity index (χ1v) is 3.61. The first kappa shape index (κ1) is 9.94. The van der Waals surface area contributed by atoms with Crippen LogP contribution < -0.4 is 5.32 Å². The van der Waals surface area contributed by atoms with E-state index in [0.717, 1.165) is 19.3 Å². The van der Waals surface area contributed by atoms with Crippen LogP contribution in [0.2, 0.25) is 0 Å². The molecular formula is C7H12NO3. The molecule has 4 heteroatoms. The van der Waals surface area contributed by atoms with Crippen molar-refractivity contribution in [1.82, 2.24) is 5.32 Å². The number of carbonyl (C=O) groups excluding carboxylic acids is 2. The van der Waals surface area contributed by atoms with Gasteiger partial charge in [-0.15, -0.1) is 0 Å². The van der Waals surface area contributed by atoms with Gasteiger partial charge in [-0.3, -0.25) is 10.1 Å². The van der Waals surface area contributed by atoms with Gasteiger partial charge in [-0.1, -0.05) is 19.8 Å². The SMILES string of the molecule is CCCCCOC(=O)N[C]=O. The summed E-state index contributed by atoms with van der Waals surface area (Å²) >= 11 is 0. The average molecular weight is 158 g/mol. The van der Waals surface area contributed by atoms with E-state index < -0.39 is 6.09 Å². The molecule has 0 fully saturated rings. The molecule has 0 rings (SSSR count). The second-order valence-corrected chi connectivity index (χ2v) is 2.07. The number of imide groups is 1. The smallest absolute Gasteiger partial charge is 0.414 e. The topological polar surface area (TPSA) is 55.4 Å². The molecule has 0 saturated heterocycles. The zero-order chi connectivity index (χ0) is 8.53. The van der Waals surface area contributed by atoms with Crippen LogP contribution in [0.3, 0.4) is 0 Å². The standard InChI is InChI=1S/C7H12NO3/c1-2-3-4-5-11-7(10)8-6-9/h2-5H2,1H3,(H,8,9,10). The fourth-order valence-electron chi connectivity index (χ4n) is 0.595. The molecule has 0 spiro atoms. The van der Waals surface area contributed by atoms with E-state index in [1.54, 1.807) is 5.32 Å². The van der Waals surface area contributed by atoms with Crippen molar-refractivity contribution in [1.29, 1.82) is 0 Å². The van der Waals surface area contributed by atoms with Crippen LogP contribution in [0.1, 0.15) is 26.2 Å². The monoisotopic (exact) mass is 158 g/mol. The van der Waals surface area contributed by atoms with Gasteiger partial charge in [-0.05, 0) is 6.42 Å². The molecule has 1 radical (unpaired) electrons. The van der Waals surface area contributed by atoms with Crippen molar-refractivity contribution >= 4 is 12.5 Å². The summed E-state index contributed by atoms with van der Waals surface area (Å²) < 4.78 is 4.57. The minimum absolute atomic E-state index is 0.362. The lowest BCUT2D eigenvalue weighted by molar-refractivity contribution is 0.149. The summed E-state index contributed by atoms with van der Waals surface area (Å²) in [5.74, 6) is 0. The summed E-state index contributed by atoms with van der Waals surface area (Å²) in [7, 11) is 0. The Morgan fingerprint density at radius 1 is 1.55 bits per heavy atom. The Balaban J connectivity index is 3.10. The maximum Gasteiger partial charge on any atom is 0.414 e. The van der Waals surface area contributed by atoms with Crippen LogP contribution >= 0.6 is 0 Å². The molecule has 0 aliphatic carbocycles. The van der Waals surface area contributed by atoms with E-state index in [1.807, 2.05) is 0 Å². The lowest BCUT2D eigenvalue weighted by Gasteiger charge is -2.00. The number of ether oxygens (including phenoxy) is 1. The molecule has 0 bridgehead atoms. The van der Waals surface area contributed by atoms with Crippen LogP contribution in [-0.4, -0.2) is 19.1 Å². The quantitative estimate of drug-likeness (QED) is 0.479.